The van der Waals surface area contributed by atoms with E-state index in [1.165, 1.54) is 19.3 Å². The number of aromatic hydroxyl groups is 1. The van der Waals surface area contributed by atoms with E-state index in [2.05, 4.69) is 42.7 Å². The smallest absolute Gasteiger partial charge is 0.309 e. The molecule has 0 spiro atoms. The monoisotopic (exact) mass is 710 g/mol. The summed E-state index contributed by atoms with van der Waals surface area (Å²) in [6.45, 7) is 5.74. The number of allylic oxidation sites excluding steroid dienone is 3. The van der Waals surface area contributed by atoms with Crippen LogP contribution >= 0.6 is 0 Å². The number of benzene rings is 1. The van der Waals surface area contributed by atoms with Gasteiger partial charge in [0.2, 0.25) is 0 Å². The van der Waals surface area contributed by atoms with E-state index in [0.717, 1.165) is 62.6 Å². The third-order valence-electron chi connectivity index (χ3n) is 11.7. The van der Waals surface area contributed by atoms with E-state index in [1.807, 2.05) is 18.2 Å². The van der Waals surface area contributed by atoms with Gasteiger partial charge in [0, 0.05) is 18.5 Å². The number of carbonyl (C=O) groups is 1. The molecule has 0 saturated heterocycles. The van der Waals surface area contributed by atoms with Crippen molar-refractivity contribution in [1.82, 2.24) is 10.6 Å². The Morgan fingerprint density at radius 1 is 1.08 bits per heavy atom. The van der Waals surface area contributed by atoms with Crippen LogP contribution in [0, 0.1) is 29.6 Å². The zero-order valence-corrected chi connectivity index (χ0v) is 31.2. The molecule has 0 unspecified atom stereocenters. The number of dihydropyridines is 1. The van der Waals surface area contributed by atoms with Gasteiger partial charge in [0.25, 0.3) is 0 Å². The molecular weight excluding hydrogens is 642 g/mol. The van der Waals surface area contributed by atoms with E-state index in [4.69, 9.17) is 5.73 Å². The van der Waals surface area contributed by atoms with Gasteiger partial charge in [-0.05, 0) is 125 Å². The number of aliphatic hydroxyl groups excluding tert-OH is 2. The molecule has 1 fully saturated rings. The highest BCUT2D eigenvalue weighted by Crippen LogP contribution is 2.45. The highest BCUT2D eigenvalue weighted by atomic mass is 16.4. The number of carboxylic acids is 1. The Morgan fingerprint density at radius 2 is 1.86 bits per heavy atom. The molecule has 9 N–H and O–H groups in total. The van der Waals surface area contributed by atoms with Crippen molar-refractivity contribution in [2.45, 2.75) is 140 Å². The van der Waals surface area contributed by atoms with Crippen molar-refractivity contribution in [3.63, 3.8) is 0 Å². The predicted octanol–water partition coefficient (Wildman–Crippen LogP) is 6.32. The number of rotatable bonds is 22. The summed E-state index contributed by atoms with van der Waals surface area (Å²) in [6, 6.07) is 7.49. The van der Waals surface area contributed by atoms with Gasteiger partial charge in [-0.25, -0.2) is 0 Å². The minimum atomic E-state index is -1.02. The van der Waals surface area contributed by atoms with Crippen molar-refractivity contribution in [2.24, 2.45) is 35.3 Å². The number of hydrogen-bond acceptors (Lipinski definition) is 8. The Bertz CT molecular complexity index is 1320. The summed E-state index contributed by atoms with van der Waals surface area (Å²) < 4.78 is 0. The first-order valence-corrected chi connectivity index (χ1v) is 19.9. The number of nitrogens with two attached hydrogens (primary N) is 1. The minimum absolute atomic E-state index is 0.171. The van der Waals surface area contributed by atoms with Gasteiger partial charge in [-0.2, -0.15) is 0 Å². The van der Waals surface area contributed by atoms with E-state index < -0.39 is 23.6 Å². The number of nitrogens with one attached hydrogen (secondary N) is 2. The van der Waals surface area contributed by atoms with Gasteiger partial charge in [0.1, 0.15) is 5.75 Å². The lowest BCUT2D eigenvalue weighted by Gasteiger charge is -2.28. The van der Waals surface area contributed by atoms with Crippen LogP contribution in [-0.4, -0.2) is 68.4 Å². The average Bonchev–Trinajstić information content (AvgIpc) is 3.39. The molecule has 9 heteroatoms. The maximum atomic E-state index is 12.2. The van der Waals surface area contributed by atoms with Gasteiger partial charge in [0.05, 0.1) is 29.5 Å². The fourth-order valence-corrected chi connectivity index (χ4v) is 8.76. The number of aliphatic carboxylic acids is 1. The predicted molar refractivity (Wildman–Crippen MR) is 204 cm³/mol. The number of hydrogen-bond donors (Lipinski definition) is 8. The maximum absolute atomic E-state index is 12.2. The molecule has 3 aliphatic rings. The van der Waals surface area contributed by atoms with Gasteiger partial charge in [0.15, 0.2) is 0 Å². The number of phenols is 1. The molecular formula is C42H67N3O6. The first-order valence-electron chi connectivity index (χ1n) is 19.9. The summed E-state index contributed by atoms with van der Waals surface area (Å²) in [5.41, 5.74) is 7.29. The van der Waals surface area contributed by atoms with Crippen molar-refractivity contribution < 1.29 is 30.3 Å². The lowest BCUT2D eigenvalue weighted by atomic mass is 9.81. The van der Waals surface area contributed by atoms with Crippen LogP contribution in [0.1, 0.15) is 116 Å². The fraction of sp³-hybridized carbons (Fsp3) is 0.690. The quantitative estimate of drug-likeness (QED) is 0.0508. The van der Waals surface area contributed by atoms with Gasteiger partial charge in [-0.1, -0.05) is 75.8 Å². The van der Waals surface area contributed by atoms with Crippen molar-refractivity contribution in [3.8, 4) is 5.75 Å². The number of carboxylic acid groups (broad SMARTS) is 1. The molecule has 0 radical (unpaired) electrons. The number of aliphatic hydroxyl groups is 3. The molecule has 4 rings (SSSR count). The lowest BCUT2D eigenvalue weighted by Crippen LogP contribution is -2.35. The minimum Gasteiger partial charge on any atom is -0.508 e. The number of unbranched alkanes of at least 4 members (excludes halogenated alkanes) is 4. The Labute approximate surface area is 306 Å². The first-order chi connectivity index (χ1) is 24.4. The molecule has 0 amide bonds. The highest BCUT2D eigenvalue weighted by molar-refractivity contribution is 5.70. The second-order valence-electron chi connectivity index (χ2n) is 16.1. The van der Waals surface area contributed by atoms with Gasteiger partial charge in [-0.3, -0.25) is 4.79 Å². The van der Waals surface area contributed by atoms with Crippen LogP contribution in [0.25, 0.3) is 0 Å². The van der Waals surface area contributed by atoms with Crippen molar-refractivity contribution in [1.29, 1.82) is 0 Å². The van der Waals surface area contributed by atoms with Crippen LogP contribution in [-0.2, 0) is 11.2 Å². The molecule has 51 heavy (non-hydrogen) atoms. The molecule has 2 aliphatic carbocycles. The molecule has 9 atom stereocenters. The summed E-state index contributed by atoms with van der Waals surface area (Å²) in [6.07, 6.45) is 20.0. The van der Waals surface area contributed by atoms with Crippen LogP contribution in [0.3, 0.4) is 0 Å². The molecule has 1 aromatic rings. The summed E-state index contributed by atoms with van der Waals surface area (Å²) in [5, 5.41) is 60.3. The Kier molecular flexibility index (Phi) is 16.4. The summed E-state index contributed by atoms with van der Waals surface area (Å²) in [7, 11) is 0. The zero-order chi connectivity index (χ0) is 36.8. The van der Waals surface area contributed by atoms with Crippen LogP contribution in [0.4, 0.5) is 0 Å². The number of phenolic OH excluding ortho intramolecular Hbond substituents is 1. The Morgan fingerprint density at radius 3 is 2.59 bits per heavy atom. The van der Waals surface area contributed by atoms with Crippen molar-refractivity contribution in [3.05, 3.63) is 65.5 Å². The maximum Gasteiger partial charge on any atom is 0.309 e. The second-order valence-corrected chi connectivity index (χ2v) is 16.1. The Hall–Kier alpha value is -2.85. The van der Waals surface area contributed by atoms with E-state index in [1.54, 1.807) is 12.1 Å². The van der Waals surface area contributed by atoms with E-state index >= 15 is 0 Å². The van der Waals surface area contributed by atoms with Crippen LogP contribution in [0.15, 0.2) is 60.0 Å². The second kappa shape index (κ2) is 20.4. The van der Waals surface area contributed by atoms with Crippen LogP contribution < -0.4 is 16.4 Å². The van der Waals surface area contributed by atoms with Crippen LogP contribution in [0.5, 0.6) is 5.75 Å². The Balaban J connectivity index is 1.25. The normalized spacial score (nSPS) is 28.1. The third-order valence-corrected chi connectivity index (χ3v) is 11.7. The highest BCUT2D eigenvalue weighted by Gasteiger charge is 2.44. The molecule has 1 aromatic carbocycles. The van der Waals surface area contributed by atoms with E-state index in [9.17, 15) is 30.3 Å². The lowest BCUT2D eigenvalue weighted by molar-refractivity contribution is -0.146. The third kappa shape index (κ3) is 13.6. The van der Waals surface area contributed by atoms with Gasteiger partial charge < -0.3 is 41.9 Å². The first kappa shape index (κ1) is 40.9. The van der Waals surface area contributed by atoms with Crippen molar-refractivity contribution in [2.75, 3.05) is 13.1 Å². The van der Waals surface area contributed by atoms with Crippen molar-refractivity contribution >= 4 is 5.97 Å². The van der Waals surface area contributed by atoms with Crippen LogP contribution in [0.2, 0.25) is 0 Å². The summed E-state index contributed by atoms with van der Waals surface area (Å²) >= 11 is 0. The zero-order valence-electron chi connectivity index (χ0n) is 31.2. The fourth-order valence-electron chi connectivity index (χ4n) is 8.76. The molecule has 9 nitrogen and oxygen atoms in total. The van der Waals surface area contributed by atoms with Gasteiger partial charge in [-0.15, -0.1) is 0 Å². The van der Waals surface area contributed by atoms with E-state index in [0.29, 0.717) is 50.4 Å². The topological polar surface area (TPSA) is 168 Å². The standard InChI is InChI=1S/C42H67N3O6/c1-3-4-6-10-30-15-16-33(39(48)24-30)12-7-5-8-14-37(41(49)50)38(47)17-19-42(51)26-34(22-32-18-20-44-40(43)25-32)35(27-42)28-45-29(2)21-31-11-9-13-36(46)23-31/h9,11,13,15-16,18,23,25,29-30,33-35,37-39,44-48,51H,3-8,10,12,14,17,19-22,24,26-28,43H2,1-2H3,(H,49,50)/t29-,30-,33-,34-,35+,37+,38-,39-,42-/m1/s1. The SMILES string of the molecule is CCCCC[C@@H]1C=C[C@@H](CCCCC[C@H](C(=O)O)[C@H](O)CC[C@]2(O)C[C@@H](CN[C@H](C)Cc3cccc(O)c3)[C@H](CC3=CCNC(N)=C3)C2)[C@H](O)C1. The molecule has 1 heterocycles. The summed E-state index contributed by atoms with van der Waals surface area (Å²) in [4.78, 5) is 12.2. The molecule has 0 bridgehead atoms. The average molecular weight is 710 g/mol. The molecule has 1 aliphatic heterocycles. The summed E-state index contributed by atoms with van der Waals surface area (Å²) in [5.74, 6) is 0.115. The molecule has 286 valence electrons. The molecule has 1 saturated carbocycles. The molecule has 0 aromatic heterocycles. The van der Waals surface area contributed by atoms with Gasteiger partial charge >= 0.3 is 5.97 Å². The van der Waals surface area contributed by atoms with E-state index in [-0.39, 0.29) is 42.1 Å². The largest absolute Gasteiger partial charge is 0.508 e.